The molecule has 0 radical (unpaired) electrons. The van der Waals surface area contributed by atoms with Crippen LogP contribution in [0.25, 0.3) is 0 Å². The first-order chi connectivity index (χ1) is 8.32. The molecule has 0 aromatic carbocycles. The second kappa shape index (κ2) is 6.18. The number of aryl methyl sites for hydroxylation is 2. The maximum atomic E-state index is 11.0. The van der Waals surface area contributed by atoms with Crippen molar-refractivity contribution >= 4 is 17.7 Å². The van der Waals surface area contributed by atoms with E-state index in [0.717, 1.165) is 28.5 Å². The molecule has 0 saturated heterocycles. The second-order valence-corrected chi connectivity index (χ2v) is 6.21. The lowest BCUT2D eigenvalue weighted by Gasteiger charge is -2.14. The summed E-state index contributed by atoms with van der Waals surface area (Å²) in [5.41, 5.74) is 2.29. The first kappa shape index (κ1) is 15.0. The van der Waals surface area contributed by atoms with E-state index in [1.54, 1.807) is 18.7 Å². The van der Waals surface area contributed by atoms with Gasteiger partial charge in [0.25, 0.3) is 0 Å². The van der Waals surface area contributed by atoms with Crippen molar-refractivity contribution in [2.45, 2.75) is 51.5 Å². The molecular weight excluding hydrogens is 248 g/mol. The lowest BCUT2D eigenvalue weighted by molar-refractivity contribution is -0.138. The molecule has 1 unspecified atom stereocenters. The molecule has 1 atom stereocenters. The third-order valence-electron chi connectivity index (χ3n) is 2.72. The smallest absolute Gasteiger partial charge is 0.310 e. The van der Waals surface area contributed by atoms with Gasteiger partial charge >= 0.3 is 5.97 Å². The Bertz CT molecular complexity index is 424. The average molecular weight is 268 g/mol. The Morgan fingerprint density at radius 3 is 2.11 bits per heavy atom. The number of aliphatic carboxylic acids is 1. The summed E-state index contributed by atoms with van der Waals surface area (Å²) >= 11 is 1.78. The van der Waals surface area contributed by atoms with E-state index in [4.69, 9.17) is 5.11 Å². The zero-order valence-electron chi connectivity index (χ0n) is 11.5. The number of carboxylic acids is 1. The maximum Gasteiger partial charge on any atom is 0.310 e. The largest absolute Gasteiger partial charge is 0.481 e. The van der Waals surface area contributed by atoms with Gasteiger partial charge in [-0.2, -0.15) is 11.8 Å². The zero-order valence-corrected chi connectivity index (χ0v) is 12.3. The molecule has 4 nitrogen and oxygen atoms in total. The third kappa shape index (κ3) is 3.70. The molecule has 0 aliphatic carbocycles. The van der Waals surface area contributed by atoms with E-state index in [2.05, 4.69) is 23.8 Å². The average Bonchev–Trinajstić information content (AvgIpc) is 2.25. The van der Waals surface area contributed by atoms with Gasteiger partial charge in [-0.15, -0.1) is 0 Å². The Labute approximate surface area is 112 Å². The van der Waals surface area contributed by atoms with E-state index in [1.807, 2.05) is 13.8 Å². The van der Waals surface area contributed by atoms with Gasteiger partial charge in [-0.25, -0.2) is 9.97 Å². The number of hydrogen-bond donors (Lipinski definition) is 1. The third-order valence-corrected chi connectivity index (χ3v) is 3.81. The lowest BCUT2D eigenvalue weighted by Crippen LogP contribution is -2.14. The van der Waals surface area contributed by atoms with Crippen molar-refractivity contribution in [2.24, 2.45) is 0 Å². The van der Waals surface area contributed by atoms with Gasteiger partial charge in [0.2, 0.25) is 0 Å². The standard InChI is InChI=1S/C13H20N2O2S/c1-7(2)18-6-11-14-9(4)12(10(5)15-11)8(3)13(16)17/h7-8H,6H2,1-5H3,(H,16,17). The molecule has 0 aliphatic heterocycles. The highest BCUT2D eigenvalue weighted by atomic mass is 32.2. The van der Waals surface area contributed by atoms with Gasteiger partial charge in [-0.05, 0) is 26.0 Å². The monoisotopic (exact) mass is 268 g/mol. The molecule has 1 aromatic heterocycles. The minimum Gasteiger partial charge on any atom is -0.481 e. The van der Waals surface area contributed by atoms with Gasteiger partial charge in [0.15, 0.2) is 0 Å². The summed E-state index contributed by atoms with van der Waals surface area (Å²) in [7, 11) is 0. The Hall–Kier alpha value is -1.10. The molecule has 1 heterocycles. The number of rotatable bonds is 5. The molecule has 1 N–H and O–H groups in total. The molecule has 5 heteroatoms. The number of thioether (sulfide) groups is 1. The molecule has 0 bridgehead atoms. The lowest BCUT2D eigenvalue weighted by atomic mass is 9.98. The van der Waals surface area contributed by atoms with Crippen LogP contribution in [0.3, 0.4) is 0 Å². The molecule has 0 saturated carbocycles. The molecule has 18 heavy (non-hydrogen) atoms. The summed E-state index contributed by atoms with van der Waals surface area (Å²) in [6.07, 6.45) is 0. The summed E-state index contributed by atoms with van der Waals surface area (Å²) in [6, 6.07) is 0. The van der Waals surface area contributed by atoms with Crippen LogP contribution in [0.2, 0.25) is 0 Å². The van der Waals surface area contributed by atoms with E-state index >= 15 is 0 Å². The SMILES string of the molecule is Cc1nc(CSC(C)C)nc(C)c1C(C)C(=O)O. The highest BCUT2D eigenvalue weighted by Crippen LogP contribution is 2.23. The Morgan fingerprint density at radius 1 is 1.22 bits per heavy atom. The molecule has 1 rings (SSSR count). The second-order valence-electron chi connectivity index (χ2n) is 4.64. The van der Waals surface area contributed by atoms with Gasteiger partial charge in [0.05, 0.1) is 11.7 Å². The van der Waals surface area contributed by atoms with Crippen LogP contribution >= 0.6 is 11.8 Å². The fraction of sp³-hybridized carbons (Fsp3) is 0.615. The van der Waals surface area contributed by atoms with Gasteiger partial charge in [0.1, 0.15) is 5.82 Å². The highest BCUT2D eigenvalue weighted by molar-refractivity contribution is 7.99. The summed E-state index contributed by atoms with van der Waals surface area (Å²) in [4.78, 5) is 19.9. The van der Waals surface area contributed by atoms with Crippen molar-refractivity contribution in [3.63, 3.8) is 0 Å². The molecule has 0 fully saturated rings. The van der Waals surface area contributed by atoms with Crippen molar-refractivity contribution in [1.82, 2.24) is 9.97 Å². The van der Waals surface area contributed by atoms with Crippen molar-refractivity contribution in [1.29, 1.82) is 0 Å². The quantitative estimate of drug-likeness (QED) is 0.889. The predicted octanol–water partition coefficient (Wildman–Crippen LogP) is 2.92. The Balaban J connectivity index is 3.01. The van der Waals surface area contributed by atoms with Crippen LogP contribution < -0.4 is 0 Å². The van der Waals surface area contributed by atoms with Gasteiger partial charge in [0, 0.05) is 17.0 Å². The summed E-state index contributed by atoms with van der Waals surface area (Å²) in [5, 5.41) is 9.60. The van der Waals surface area contributed by atoms with Gasteiger partial charge in [-0.1, -0.05) is 13.8 Å². The minimum atomic E-state index is -0.839. The molecule has 100 valence electrons. The van der Waals surface area contributed by atoms with Crippen LogP contribution in [0.15, 0.2) is 0 Å². The topological polar surface area (TPSA) is 63.1 Å². The van der Waals surface area contributed by atoms with Gasteiger partial charge in [-0.3, -0.25) is 4.79 Å². The van der Waals surface area contributed by atoms with Crippen molar-refractivity contribution in [3.8, 4) is 0 Å². The fourth-order valence-corrected chi connectivity index (χ4v) is 2.46. The van der Waals surface area contributed by atoms with Crippen LogP contribution in [0.4, 0.5) is 0 Å². The van der Waals surface area contributed by atoms with Gasteiger partial charge < -0.3 is 5.11 Å². The molecular formula is C13H20N2O2S. The Kier molecular flexibility index (Phi) is 5.14. The van der Waals surface area contributed by atoms with E-state index in [-0.39, 0.29) is 0 Å². The van der Waals surface area contributed by atoms with Crippen molar-refractivity contribution in [3.05, 3.63) is 22.8 Å². The zero-order chi connectivity index (χ0) is 13.9. The number of hydrogen-bond acceptors (Lipinski definition) is 4. The normalized spacial score (nSPS) is 12.8. The number of aromatic nitrogens is 2. The summed E-state index contributed by atoms with van der Waals surface area (Å²) < 4.78 is 0. The molecule has 0 spiro atoms. The van der Waals surface area contributed by atoms with Crippen LogP contribution in [-0.4, -0.2) is 26.3 Å². The first-order valence-corrected chi connectivity index (χ1v) is 7.06. The van der Waals surface area contributed by atoms with Crippen molar-refractivity contribution in [2.75, 3.05) is 0 Å². The fourth-order valence-electron chi connectivity index (χ4n) is 1.85. The number of nitrogens with zero attached hydrogens (tertiary/aromatic N) is 2. The van der Waals surface area contributed by atoms with Crippen LogP contribution in [0, 0.1) is 13.8 Å². The summed E-state index contributed by atoms with van der Waals surface area (Å²) in [6.45, 7) is 9.64. The summed E-state index contributed by atoms with van der Waals surface area (Å²) in [5.74, 6) is 0.150. The van der Waals surface area contributed by atoms with E-state index in [9.17, 15) is 4.79 Å². The van der Waals surface area contributed by atoms with Crippen LogP contribution in [-0.2, 0) is 10.5 Å². The number of carbonyl (C=O) groups is 1. The van der Waals surface area contributed by atoms with E-state index in [0.29, 0.717) is 5.25 Å². The Morgan fingerprint density at radius 2 is 1.72 bits per heavy atom. The maximum absolute atomic E-state index is 11.0. The number of carboxylic acid groups (broad SMARTS) is 1. The van der Waals surface area contributed by atoms with Crippen LogP contribution in [0.5, 0.6) is 0 Å². The van der Waals surface area contributed by atoms with E-state index < -0.39 is 11.9 Å². The minimum absolute atomic E-state index is 0.534. The molecule has 0 aliphatic rings. The van der Waals surface area contributed by atoms with Crippen molar-refractivity contribution < 1.29 is 9.90 Å². The molecule has 0 amide bonds. The molecule has 1 aromatic rings. The highest BCUT2D eigenvalue weighted by Gasteiger charge is 2.20. The van der Waals surface area contributed by atoms with Crippen LogP contribution in [0.1, 0.15) is 49.5 Å². The predicted molar refractivity (Wildman–Crippen MR) is 74.0 cm³/mol. The first-order valence-electron chi connectivity index (χ1n) is 6.01. The van der Waals surface area contributed by atoms with E-state index in [1.165, 1.54) is 0 Å².